The van der Waals surface area contributed by atoms with Crippen molar-refractivity contribution in [2.24, 2.45) is 0 Å². The molecule has 0 aliphatic carbocycles. The summed E-state index contributed by atoms with van der Waals surface area (Å²) in [6.07, 6.45) is 3.83. The molecule has 0 atom stereocenters. The predicted octanol–water partition coefficient (Wildman–Crippen LogP) is 14.9. The van der Waals surface area contributed by atoms with Crippen molar-refractivity contribution >= 4 is 86.6 Å². The van der Waals surface area contributed by atoms with E-state index in [0.29, 0.717) is 0 Å². The summed E-state index contributed by atoms with van der Waals surface area (Å²) in [6, 6.07) is 69.2. The van der Waals surface area contributed by atoms with Gasteiger partial charge in [-0.05, 0) is 102 Å². The summed E-state index contributed by atoms with van der Waals surface area (Å²) in [6.45, 7) is 0. The van der Waals surface area contributed by atoms with Gasteiger partial charge in [0.25, 0.3) is 0 Å². The molecule has 3 nitrogen and oxygen atoms in total. The van der Waals surface area contributed by atoms with Crippen LogP contribution in [0.4, 0.5) is 0 Å². The second kappa shape index (κ2) is 12.3. The molecule has 0 unspecified atom stereocenters. The summed E-state index contributed by atoms with van der Waals surface area (Å²) < 4.78 is 2.54. The first kappa shape index (κ1) is 32.2. The zero-order valence-electron chi connectivity index (χ0n) is 31.9. The zero-order valence-corrected chi connectivity index (χ0v) is 31.9. The molecule has 3 heterocycles. The minimum Gasteiger partial charge on any atom is -0.308 e. The third-order valence-electron chi connectivity index (χ3n) is 12.5. The van der Waals surface area contributed by atoms with E-state index in [2.05, 4.69) is 192 Å². The van der Waals surface area contributed by atoms with Gasteiger partial charge in [-0.25, -0.2) is 0 Å². The molecule has 0 saturated carbocycles. The Morgan fingerprint density at radius 1 is 0.339 bits per heavy atom. The minimum atomic E-state index is 0.931. The molecule has 13 aromatic rings. The van der Waals surface area contributed by atoms with E-state index in [-0.39, 0.29) is 0 Å². The van der Waals surface area contributed by atoms with Gasteiger partial charge < -0.3 is 4.57 Å². The highest BCUT2D eigenvalue weighted by Gasteiger charge is 2.24. The van der Waals surface area contributed by atoms with Gasteiger partial charge in [0.15, 0.2) is 0 Å². The van der Waals surface area contributed by atoms with E-state index in [0.717, 1.165) is 32.9 Å². The first-order chi connectivity index (χ1) is 29.2. The van der Waals surface area contributed by atoms with Gasteiger partial charge in [-0.15, -0.1) is 0 Å². The lowest BCUT2D eigenvalue weighted by molar-refractivity contribution is 1.15. The number of fused-ring (bicyclic) bond motifs is 7. The molecule has 0 bridgehead atoms. The third-order valence-corrected chi connectivity index (χ3v) is 12.5. The van der Waals surface area contributed by atoms with E-state index >= 15 is 0 Å². The zero-order chi connectivity index (χ0) is 38.6. The molecule has 0 aliphatic rings. The molecule has 59 heavy (non-hydrogen) atoms. The largest absolute Gasteiger partial charge is 0.308 e. The summed E-state index contributed by atoms with van der Waals surface area (Å²) in [5.74, 6) is 0. The maximum Gasteiger partial charge on any atom is 0.0964 e. The lowest BCUT2D eigenvalue weighted by Crippen LogP contribution is -1.99. The Bertz CT molecular complexity index is 3810. The topological polar surface area (TPSA) is 30.7 Å². The van der Waals surface area contributed by atoms with Gasteiger partial charge in [0.1, 0.15) is 0 Å². The molecule has 0 aliphatic heterocycles. The van der Waals surface area contributed by atoms with E-state index in [1.807, 2.05) is 18.5 Å². The van der Waals surface area contributed by atoms with Gasteiger partial charge in [-0.2, -0.15) is 0 Å². The van der Waals surface area contributed by atoms with Crippen LogP contribution >= 0.6 is 0 Å². The van der Waals surface area contributed by atoms with E-state index < -0.39 is 0 Å². The Morgan fingerprint density at radius 2 is 0.966 bits per heavy atom. The Kier molecular flexibility index (Phi) is 6.72. The first-order valence-corrected chi connectivity index (χ1v) is 20.2. The smallest absolute Gasteiger partial charge is 0.0964 e. The Balaban J connectivity index is 1.08. The molecular formula is C56H33N3. The van der Waals surface area contributed by atoms with Gasteiger partial charge in [0, 0.05) is 45.1 Å². The summed E-state index contributed by atoms with van der Waals surface area (Å²) in [4.78, 5) is 9.56. The molecule has 0 fully saturated rings. The van der Waals surface area contributed by atoms with Crippen molar-refractivity contribution < 1.29 is 0 Å². The normalized spacial score (nSPS) is 12.1. The van der Waals surface area contributed by atoms with Crippen LogP contribution in [0.3, 0.4) is 0 Å². The minimum absolute atomic E-state index is 0.931. The number of benzene rings is 10. The summed E-state index contributed by atoms with van der Waals surface area (Å²) >= 11 is 0. The fourth-order valence-corrected chi connectivity index (χ4v) is 9.85. The van der Waals surface area contributed by atoms with Crippen LogP contribution in [0.25, 0.3) is 126 Å². The van der Waals surface area contributed by atoms with E-state index in [9.17, 15) is 0 Å². The van der Waals surface area contributed by atoms with Crippen molar-refractivity contribution in [3.05, 3.63) is 200 Å². The lowest BCUT2D eigenvalue weighted by atomic mass is 9.93. The van der Waals surface area contributed by atoms with Crippen LogP contribution < -0.4 is 0 Å². The molecular weight excluding hydrogens is 715 g/mol. The molecule has 3 heteroatoms. The standard InChI is InChI=1S/C56H33N3/c1-3-9-34(10-4-1)53-48-32-47-42(20-19-41-29-40(23-25-45(41)47)44-30-43-21-18-38-15-8-28-57-54(38)55(43)58-33-44)31-50(48)59(56(53)39-11-5-2-6-12-39)49-27-24-37-17-16-35-13-7-14-36-22-26-46(49)52(37)51(35)36/h1-33H. The monoisotopic (exact) mass is 747 g/mol. The molecule has 0 N–H and O–H groups in total. The molecule has 13 rings (SSSR count). The Morgan fingerprint density at radius 3 is 1.80 bits per heavy atom. The fourth-order valence-electron chi connectivity index (χ4n) is 9.85. The number of pyridine rings is 2. The predicted molar refractivity (Wildman–Crippen MR) is 249 cm³/mol. The average molecular weight is 748 g/mol. The van der Waals surface area contributed by atoms with Gasteiger partial charge in [0.05, 0.1) is 27.9 Å². The van der Waals surface area contributed by atoms with E-state index in [1.165, 1.54) is 92.8 Å². The number of hydrogen-bond acceptors (Lipinski definition) is 2. The average Bonchev–Trinajstić information content (AvgIpc) is 3.64. The van der Waals surface area contributed by atoms with Gasteiger partial charge in [0.2, 0.25) is 0 Å². The lowest BCUT2D eigenvalue weighted by Gasteiger charge is -2.18. The van der Waals surface area contributed by atoms with Crippen LogP contribution in [0.15, 0.2) is 200 Å². The molecule has 0 spiro atoms. The SMILES string of the molecule is c1ccc(-c2c(-c3ccccc3)n(-c3ccc4ccc5cccc6ccc3c4c56)c3cc4ccc5cc(-c6cnc7c(ccc8cccnc87)c6)ccc5c4cc23)cc1. The highest BCUT2D eigenvalue weighted by molar-refractivity contribution is 6.25. The Labute approximate surface area is 339 Å². The van der Waals surface area contributed by atoms with Crippen molar-refractivity contribution in [1.82, 2.24) is 14.5 Å². The van der Waals surface area contributed by atoms with Crippen LogP contribution in [0.2, 0.25) is 0 Å². The summed E-state index contributed by atoms with van der Waals surface area (Å²) in [7, 11) is 0. The van der Waals surface area contributed by atoms with Crippen molar-refractivity contribution in [3.63, 3.8) is 0 Å². The number of aromatic nitrogens is 3. The van der Waals surface area contributed by atoms with E-state index in [4.69, 9.17) is 4.98 Å². The van der Waals surface area contributed by atoms with Gasteiger partial charge >= 0.3 is 0 Å². The fraction of sp³-hybridized carbons (Fsp3) is 0. The first-order valence-electron chi connectivity index (χ1n) is 20.2. The number of rotatable bonds is 4. The van der Waals surface area contributed by atoms with E-state index in [1.54, 1.807) is 0 Å². The second-order valence-corrected chi connectivity index (χ2v) is 15.8. The van der Waals surface area contributed by atoms with Crippen molar-refractivity contribution in [3.8, 4) is 39.2 Å². The van der Waals surface area contributed by atoms with Crippen LogP contribution in [0.5, 0.6) is 0 Å². The van der Waals surface area contributed by atoms with Crippen molar-refractivity contribution in [2.75, 3.05) is 0 Å². The molecule has 10 aromatic carbocycles. The van der Waals surface area contributed by atoms with Crippen molar-refractivity contribution in [2.45, 2.75) is 0 Å². The molecule has 0 amide bonds. The van der Waals surface area contributed by atoms with Crippen molar-refractivity contribution in [1.29, 1.82) is 0 Å². The van der Waals surface area contributed by atoms with Gasteiger partial charge in [-0.3, -0.25) is 9.97 Å². The second-order valence-electron chi connectivity index (χ2n) is 15.8. The van der Waals surface area contributed by atoms with Crippen LogP contribution in [-0.2, 0) is 0 Å². The highest BCUT2D eigenvalue weighted by Crippen LogP contribution is 2.47. The quantitative estimate of drug-likeness (QED) is 0.168. The van der Waals surface area contributed by atoms with Crippen LogP contribution in [0, 0.1) is 0 Å². The molecule has 3 aromatic heterocycles. The number of nitrogens with zero attached hydrogens (tertiary/aromatic N) is 3. The highest BCUT2D eigenvalue weighted by atomic mass is 15.0. The van der Waals surface area contributed by atoms with Gasteiger partial charge in [-0.1, -0.05) is 152 Å². The van der Waals surface area contributed by atoms with Crippen LogP contribution in [-0.4, -0.2) is 14.5 Å². The maximum atomic E-state index is 4.93. The summed E-state index contributed by atoms with van der Waals surface area (Å²) in [5, 5.41) is 16.0. The third kappa shape index (κ3) is 4.76. The Hall–Kier alpha value is -7.88. The molecule has 272 valence electrons. The molecule has 0 saturated heterocycles. The van der Waals surface area contributed by atoms with Crippen LogP contribution in [0.1, 0.15) is 0 Å². The maximum absolute atomic E-state index is 4.93. The molecule has 0 radical (unpaired) electrons. The number of hydrogen-bond donors (Lipinski definition) is 0. The summed E-state index contributed by atoms with van der Waals surface area (Å²) in [5.41, 5.74) is 11.3.